The van der Waals surface area contributed by atoms with Crippen molar-refractivity contribution in [2.24, 2.45) is 13.0 Å². The molecule has 1 aromatic heterocycles. The van der Waals surface area contributed by atoms with Gasteiger partial charge >= 0.3 is 0 Å². The Morgan fingerprint density at radius 1 is 1.56 bits per heavy atom. The van der Waals surface area contributed by atoms with Gasteiger partial charge in [-0.05, 0) is 28.3 Å². The zero-order valence-electron chi connectivity index (χ0n) is 10.3. The van der Waals surface area contributed by atoms with Crippen LogP contribution in [0, 0.1) is 5.92 Å². The van der Waals surface area contributed by atoms with Gasteiger partial charge < -0.3 is 14.6 Å². The fourth-order valence-electron chi connectivity index (χ4n) is 1.99. The number of aromatic nitrogens is 1. The van der Waals surface area contributed by atoms with Crippen LogP contribution in [0.5, 0.6) is 0 Å². The van der Waals surface area contributed by atoms with E-state index in [2.05, 4.69) is 21.2 Å². The van der Waals surface area contributed by atoms with Crippen molar-refractivity contribution in [3.05, 3.63) is 27.1 Å². The number of hydrogen-bond acceptors (Lipinski definition) is 3. The number of amides is 1. The molecule has 2 atom stereocenters. The van der Waals surface area contributed by atoms with E-state index in [9.17, 15) is 9.59 Å². The number of pyridine rings is 1. The number of nitrogens with one attached hydrogen (secondary N) is 1. The van der Waals surface area contributed by atoms with Crippen LogP contribution in [0.3, 0.4) is 0 Å². The number of nitrogens with zero attached hydrogens (tertiary/aromatic N) is 1. The first-order valence-electron chi connectivity index (χ1n) is 5.77. The number of carbonyl (C=O) groups excluding carboxylic acids is 1. The van der Waals surface area contributed by atoms with E-state index in [1.54, 1.807) is 24.0 Å². The first kappa shape index (κ1) is 13.3. The van der Waals surface area contributed by atoms with E-state index < -0.39 is 6.10 Å². The molecule has 98 valence electrons. The predicted octanol–water partition coefficient (Wildman–Crippen LogP) is 1.51. The highest BCUT2D eigenvalue weighted by atomic mass is 79.9. The Hall–Kier alpha value is -1.14. The molecule has 0 saturated carbocycles. The molecule has 0 spiro atoms. The van der Waals surface area contributed by atoms with Crippen LogP contribution in [-0.4, -0.2) is 23.2 Å². The highest BCUT2D eigenvalue weighted by Gasteiger charge is 2.31. The van der Waals surface area contributed by atoms with Crippen molar-refractivity contribution in [1.29, 1.82) is 0 Å². The van der Waals surface area contributed by atoms with Crippen molar-refractivity contribution in [2.45, 2.75) is 19.4 Å². The minimum Gasteiger partial charge on any atom is -0.368 e. The molecule has 1 aliphatic heterocycles. The Bertz CT molecular complexity index is 527. The first-order valence-corrected chi connectivity index (χ1v) is 6.56. The van der Waals surface area contributed by atoms with E-state index in [1.165, 1.54) is 0 Å². The van der Waals surface area contributed by atoms with Crippen molar-refractivity contribution in [1.82, 2.24) is 4.57 Å². The van der Waals surface area contributed by atoms with E-state index >= 15 is 0 Å². The fourth-order valence-corrected chi connectivity index (χ4v) is 2.53. The summed E-state index contributed by atoms with van der Waals surface area (Å²) in [6.07, 6.45) is 3.64. The van der Waals surface area contributed by atoms with Gasteiger partial charge in [0.2, 0.25) is 5.43 Å². The fraction of sp³-hybridized carbons (Fsp3) is 0.500. The number of ether oxygens (including phenoxy) is 1. The number of aryl methyl sites for hydroxylation is 1. The van der Waals surface area contributed by atoms with Gasteiger partial charge in [-0.3, -0.25) is 9.59 Å². The van der Waals surface area contributed by atoms with E-state index in [4.69, 9.17) is 4.74 Å². The molecule has 0 bridgehead atoms. The smallest absolute Gasteiger partial charge is 0.253 e. The average molecular weight is 315 g/mol. The van der Waals surface area contributed by atoms with Gasteiger partial charge in [0.1, 0.15) is 11.8 Å². The Kier molecular flexibility index (Phi) is 3.87. The zero-order valence-corrected chi connectivity index (χ0v) is 11.9. The predicted molar refractivity (Wildman–Crippen MR) is 71.5 cm³/mol. The van der Waals surface area contributed by atoms with Crippen LogP contribution in [0.25, 0.3) is 0 Å². The topological polar surface area (TPSA) is 60.3 Å². The molecule has 1 fully saturated rings. The van der Waals surface area contributed by atoms with E-state index in [-0.39, 0.29) is 22.9 Å². The molecule has 2 heterocycles. The molecule has 0 aromatic carbocycles. The van der Waals surface area contributed by atoms with Crippen LogP contribution in [-0.2, 0) is 16.6 Å². The van der Waals surface area contributed by atoms with Crippen LogP contribution in [0.2, 0.25) is 0 Å². The summed E-state index contributed by atoms with van der Waals surface area (Å²) in [5.41, 5.74) is 0.0340. The summed E-state index contributed by atoms with van der Waals surface area (Å²) in [7, 11) is 1.79. The standard InChI is InChI=1S/C12H15BrN2O3/c1-7-3-4-18-11(7)12(17)14-9-6-15(2)5-8(13)10(9)16/h5-7,11H,3-4H2,1-2H3,(H,14,17). The maximum Gasteiger partial charge on any atom is 0.253 e. The molecule has 5 nitrogen and oxygen atoms in total. The summed E-state index contributed by atoms with van der Waals surface area (Å²) in [5, 5.41) is 2.64. The van der Waals surface area contributed by atoms with Crippen molar-refractivity contribution in [2.75, 3.05) is 11.9 Å². The third kappa shape index (κ3) is 2.64. The van der Waals surface area contributed by atoms with Crippen LogP contribution < -0.4 is 10.7 Å². The van der Waals surface area contributed by atoms with Gasteiger partial charge in [-0.2, -0.15) is 0 Å². The Morgan fingerprint density at radius 2 is 2.28 bits per heavy atom. The minimum absolute atomic E-state index is 0.181. The second-order valence-corrected chi connectivity index (χ2v) is 5.42. The number of carbonyl (C=O) groups is 1. The monoisotopic (exact) mass is 314 g/mol. The molecule has 0 aliphatic carbocycles. The third-order valence-electron chi connectivity index (χ3n) is 3.01. The van der Waals surface area contributed by atoms with E-state index in [0.717, 1.165) is 6.42 Å². The second kappa shape index (κ2) is 5.24. The summed E-state index contributed by atoms with van der Waals surface area (Å²) >= 11 is 3.17. The lowest BCUT2D eigenvalue weighted by Gasteiger charge is -2.14. The average Bonchev–Trinajstić information content (AvgIpc) is 2.71. The number of rotatable bonds is 2. The molecule has 2 rings (SSSR count). The van der Waals surface area contributed by atoms with Crippen molar-refractivity contribution in [3.63, 3.8) is 0 Å². The van der Waals surface area contributed by atoms with E-state index in [0.29, 0.717) is 11.1 Å². The molecule has 1 aliphatic rings. The lowest BCUT2D eigenvalue weighted by Crippen LogP contribution is -2.33. The molecule has 1 aromatic rings. The van der Waals surface area contributed by atoms with Crippen molar-refractivity contribution in [3.8, 4) is 0 Å². The van der Waals surface area contributed by atoms with Gasteiger partial charge in [0.25, 0.3) is 5.91 Å². The summed E-state index contributed by atoms with van der Waals surface area (Å²) in [6, 6.07) is 0. The number of hydrogen-bond donors (Lipinski definition) is 1. The minimum atomic E-state index is -0.464. The molecule has 1 saturated heterocycles. The summed E-state index contributed by atoms with van der Waals surface area (Å²) < 4.78 is 7.49. The molecule has 2 unspecified atom stereocenters. The van der Waals surface area contributed by atoms with Gasteiger partial charge in [0.05, 0.1) is 4.47 Å². The molecular formula is C12H15BrN2O3. The van der Waals surface area contributed by atoms with E-state index in [1.807, 2.05) is 6.92 Å². The van der Waals surface area contributed by atoms with Crippen LogP contribution in [0.1, 0.15) is 13.3 Å². The lowest BCUT2D eigenvalue weighted by molar-refractivity contribution is -0.126. The lowest BCUT2D eigenvalue weighted by atomic mass is 10.0. The maximum absolute atomic E-state index is 12.0. The zero-order chi connectivity index (χ0) is 13.3. The van der Waals surface area contributed by atoms with Crippen LogP contribution in [0.15, 0.2) is 21.7 Å². The maximum atomic E-state index is 12.0. The summed E-state index contributed by atoms with van der Waals surface area (Å²) in [6.45, 7) is 2.56. The molecule has 6 heteroatoms. The van der Waals surface area contributed by atoms with Crippen molar-refractivity contribution >= 4 is 27.5 Å². The molecule has 18 heavy (non-hydrogen) atoms. The third-order valence-corrected chi connectivity index (χ3v) is 3.58. The highest BCUT2D eigenvalue weighted by Crippen LogP contribution is 2.21. The molecular weight excluding hydrogens is 300 g/mol. The van der Waals surface area contributed by atoms with Gasteiger partial charge in [0.15, 0.2) is 0 Å². The van der Waals surface area contributed by atoms with Gasteiger partial charge in [-0.25, -0.2) is 0 Å². The first-order chi connectivity index (χ1) is 8.49. The Balaban J connectivity index is 2.19. The largest absolute Gasteiger partial charge is 0.368 e. The van der Waals surface area contributed by atoms with Crippen molar-refractivity contribution < 1.29 is 9.53 Å². The Labute approximate surface area is 113 Å². The number of halogens is 1. The summed E-state index contributed by atoms with van der Waals surface area (Å²) in [5.74, 6) is -0.0730. The highest BCUT2D eigenvalue weighted by molar-refractivity contribution is 9.10. The number of anilines is 1. The molecule has 0 radical (unpaired) electrons. The summed E-state index contributed by atoms with van der Waals surface area (Å²) in [4.78, 5) is 23.8. The molecule has 1 amide bonds. The normalized spacial score (nSPS) is 23.1. The van der Waals surface area contributed by atoms with Gasteiger partial charge in [-0.15, -0.1) is 0 Å². The van der Waals surface area contributed by atoms with Gasteiger partial charge in [-0.1, -0.05) is 6.92 Å². The van der Waals surface area contributed by atoms with Crippen LogP contribution >= 0.6 is 15.9 Å². The van der Waals surface area contributed by atoms with Crippen LogP contribution in [0.4, 0.5) is 5.69 Å². The quantitative estimate of drug-likeness (QED) is 0.900. The SMILES string of the molecule is CC1CCOC1C(=O)Nc1cn(C)cc(Br)c1=O. The second-order valence-electron chi connectivity index (χ2n) is 4.56. The van der Waals surface area contributed by atoms with Gasteiger partial charge in [0, 0.05) is 26.0 Å². The molecule has 1 N–H and O–H groups in total. The Morgan fingerprint density at radius 3 is 2.89 bits per heavy atom.